The van der Waals surface area contributed by atoms with E-state index >= 15 is 0 Å². The minimum Gasteiger partial charge on any atom is -0.294 e. The quantitative estimate of drug-likeness (QED) is 0.478. The van der Waals surface area contributed by atoms with E-state index < -0.39 is 0 Å². The topological polar surface area (TPSA) is 17.1 Å². The van der Waals surface area contributed by atoms with E-state index in [1.54, 1.807) is 30.4 Å². The Bertz CT molecular complexity index is 290. The second-order valence-electron chi connectivity index (χ2n) is 3.44. The fourth-order valence-electron chi connectivity index (χ4n) is 1.42. The molecule has 0 aromatic rings. The Morgan fingerprint density at radius 3 is 2.36 bits per heavy atom. The van der Waals surface area contributed by atoms with Crippen molar-refractivity contribution in [3.63, 3.8) is 0 Å². The molecule has 1 saturated carbocycles. The molecule has 0 amide bonds. The minimum atomic E-state index is 0.245. The van der Waals surface area contributed by atoms with Gasteiger partial charge in [0.05, 0.1) is 0 Å². The van der Waals surface area contributed by atoms with Gasteiger partial charge in [0.1, 0.15) is 0 Å². The highest BCUT2D eigenvalue weighted by molar-refractivity contribution is 6.00. The fraction of sp³-hybridized carbons (Fsp3) is 0.308. The normalized spacial score (nSPS) is 17.9. The molecular formula is C13H16O. The van der Waals surface area contributed by atoms with Crippen molar-refractivity contribution in [3.05, 3.63) is 49.1 Å². The molecule has 1 aliphatic rings. The Balaban J connectivity index is 2.70. The molecule has 1 heteroatoms. The van der Waals surface area contributed by atoms with Gasteiger partial charge >= 0.3 is 0 Å². The first-order valence-corrected chi connectivity index (χ1v) is 4.95. The zero-order chi connectivity index (χ0) is 10.4. The number of ketones is 1. The summed E-state index contributed by atoms with van der Waals surface area (Å²) in [5.74, 6) is 0.491. The van der Waals surface area contributed by atoms with Crippen molar-refractivity contribution in [2.45, 2.75) is 19.3 Å². The average molecular weight is 188 g/mol. The summed E-state index contributed by atoms with van der Waals surface area (Å²) >= 11 is 0. The number of allylic oxidation sites excluding steroid dienone is 6. The summed E-state index contributed by atoms with van der Waals surface area (Å²) in [6.07, 6.45) is 11.9. The Morgan fingerprint density at radius 2 is 1.93 bits per heavy atom. The Labute approximate surface area is 85.5 Å². The Hall–Kier alpha value is -1.37. The smallest absolute Gasteiger partial charge is 0.165 e. The molecule has 0 aliphatic heterocycles. The van der Waals surface area contributed by atoms with Crippen molar-refractivity contribution >= 4 is 5.78 Å². The molecule has 74 valence electrons. The van der Waals surface area contributed by atoms with Crippen LogP contribution < -0.4 is 0 Å². The molecular weight excluding hydrogens is 172 g/mol. The zero-order valence-electron chi connectivity index (χ0n) is 8.41. The lowest BCUT2D eigenvalue weighted by Gasteiger charge is -2.24. The second kappa shape index (κ2) is 5.38. The van der Waals surface area contributed by atoms with Gasteiger partial charge in [0.15, 0.2) is 5.78 Å². The van der Waals surface area contributed by atoms with Crippen LogP contribution in [0.5, 0.6) is 0 Å². The summed E-state index contributed by atoms with van der Waals surface area (Å²) in [6.45, 7) is 7.19. The van der Waals surface area contributed by atoms with E-state index in [0.29, 0.717) is 0 Å². The molecule has 0 spiro atoms. The SMILES string of the molecule is C=C/C=C\C(=C/C=C)C(=O)C1CCC1. The van der Waals surface area contributed by atoms with Crippen LogP contribution in [0.3, 0.4) is 0 Å². The van der Waals surface area contributed by atoms with Gasteiger partial charge in [0, 0.05) is 11.5 Å². The summed E-state index contributed by atoms with van der Waals surface area (Å²) in [4.78, 5) is 11.8. The van der Waals surface area contributed by atoms with Gasteiger partial charge in [-0.15, -0.1) is 0 Å². The van der Waals surface area contributed by atoms with Crippen molar-refractivity contribution in [2.24, 2.45) is 5.92 Å². The first-order chi connectivity index (χ1) is 6.79. The van der Waals surface area contributed by atoms with Crippen LogP contribution in [0, 0.1) is 5.92 Å². The van der Waals surface area contributed by atoms with E-state index in [0.717, 1.165) is 18.4 Å². The Kier molecular flexibility index (Phi) is 4.11. The maximum Gasteiger partial charge on any atom is 0.165 e. The highest BCUT2D eigenvalue weighted by atomic mass is 16.1. The molecule has 0 aromatic carbocycles. The predicted octanol–water partition coefficient (Wildman–Crippen LogP) is 3.21. The van der Waals surface area contributed by atoms with Gasteiger partial charge in [-0.1, -0.05) is 50.0 Å². The average Bonchev–Trinajstić information content (AvgIpc) is 2.09. The van der Waals surface area contributed by atoms with Gasteiger partial charge < -0.3 is 0 Å². The molecule has 0 aromatic heterocycles. The lowest BCUT2D eigenvalue weighted by atomic mass is 9.79. The van der Waals surface area contributed by atoms with Gasteiger partial charge in [0.2, 0.25) is 0 Å². The van der Waals surface area contributed by atoms with E-state index in [9.17, 15) is 4.79 Å². The molecule has 1 aliphatic carbocycles. The number of carbonyl (C=O) groups is 1. The van der Waals surface area contributed by atoms with Gasteiger partial charge in [-0.25, -0.2) is 0 Å². The molecule has 1 rings (SSSR count). The first kappa shape index (κ1) is 10.7. The molecule has 0 bridgehead atoms. The number of rotatable bonds is 5. The molecule has 1 nitrogen and oxygen atoms in total. The van der Waals surface area contributed by atoms with Crippen LogP contribution in [0.25, 0.3) is 0 Å². The second-order valence-corrected chi connectivity index (χ2v) is 3.44. The van der Waals surface area contributed by atoms with Crippen molar-refractivity contribution in [1.82, 2.24) is 0 Å². The summed E-state index contributed by atoms with van der Waals surface area (Å²) in [7, 11) is 0. The minimum absolute atomic E-state index is 0.245. The van der Waals surface area contributed by atoms with Crippen LogP contribution >= 0.6 is 0 Å². The number of Topliss-reactive ketones (excluding diaryl/α,β-unsaturated/α-hetero) is 1. The molecule has 0 saturated heterocycles. The number of hydrogen-bond acceptors (Lipinski definition) is 1. The van der Waals surface area contributed by atoms with Crippen molar-refractivity contribution in [2.75, 3.05) is 0 Å². The van der Waals surface area contributed by atoms with Crippen LogP contribution in [0.4, 0.5) is 0 Å². The van der Waals surface area contributed by atoms with Gasteiger partial charge in [-0.3, -0.25) is 4.79 Å². The third-order valence-corrected chi connectivity index (χ3v) is 2.47. The maximum atomic E-state index is 11.8. The van der Waals surface area contributed by atoms with E-state index in [1.807, 2.05) is 0 Å². The van der Waals surface area contributed by atoms with Crippen molar-refractivity contribution < 1.29 is 4.79 Å². The highest BCUT2D eigenvalue weighted by Crippen LogP contribution is 2.29. The molecule has 1 fully saturated rings. The number of hydrogen-bond donors (Lipinski definition) is 0. The zero-order valence-corrected chi connectivity index (χ0v) is 8.41. The molecule has 14 heavy (non-hydrogen) atoms. The molecule has 0 unspecified atom stereocenters. The first-order valence-electron chi connectivity index (χ1n) is 4.95. The summed E-state index contributed by atoms with van der Waals surface area (Å²) in [5.41, 5.74) is 0.740. The summed E-state index contributed by atoms with van der Waals surface area (Å²) < 4.78 is 0. The van der Waals surface area contributed by atoms with Crippen LogP contribution in [0.15, 0.2) is 49.1 Å². The summed E-state index contributed by atoms with van der Waals surface area (Å²) in [5, 5.41) is 0. The third-order valence-electron chi connectivity index (χ3n) is 2.47. The molecule has 0 heterocycles. The maximum absolute atomic E-state index is 11.8. The summed E-state index contributed by atoms with van der Waals surface area (Å²) in [6, 6.07) is 0. The molecule has 0 N–H and O–H groups in total. The largest absolute Gasteiger partial charge is 0.294 e. The van der Waals surface area contributed by atoms with E-state index in [-0.39, 0.29) is 11.7 Å². The third kappa shape index (κ3) is 2.56. The van der Waals surface area contributed by atoms with Gasteiger partial charge in [-0.05, 0) is 12.8 Å². The van der Waals surface area contributed by atoms with Crippen LogP contribution in [0.1, 0.15) is 19.3 Å². The lowest BCUT2D eigenvalue weighted by molar-refractivity contribution is -0.121. The van der Waals surface area contributed by atoms with Gasteiger partial charge in [0.25, 0.3) is 0 Å². The van der Waals surface area contributed by atoms with Crippen LogP contribution in [-0.4, -0.2) is 5.78 Å². The standard InChI is InChI=1S/C13H16O/c1-3-5-8-11(7-4-2)13(14)12-9-6-10-12/h3-5,7-8,12H,1-2,6,9-10H2/b8-5-,11-7+. The van der Waals surface area contributed by atoms with E-state index in [2.05, 4.69) is 13.2 Å². The monoisotopic (exact) mass is 188 g/mol. The molecule has 0 radical (unpaired) electrons. The van der Waals surface area contributed by atoms with Crippen LogP contribution in [-0.2, 0) is 4.79 Å². The molecule has 0 atom stereocenters. The van der Waals surface area contributed by atoms with E-state index in [4.69, 9.17) is 0 Å². The lowest BCUT2D eigenvalue weighted by Crippen LogP contribution is -2.22. The van der Waals surface area contributed by atoms with Gasteiger partial charge in [-0.2, -0.15) is 0 Å². The van der Waals surface area contributed by atoms with E-state index in [1.165, 1.54) is 6.42 Å². The van der Waals surface area contributed by atoms with Crippen molar-refractivity contribution in [3.8, 4) is 0 Å². The van der Waals surface area contributed by atoms with Crippen LogP contribution in [0.2, 0.25) is 0 Å². The fourth-order valence-corrected chi connectivity index (χ4v) is 1.42. The number of carbonyl (C=O) groups excluding carboxylic acids is 1. The predicted molar refractivity (Wildman–Crippen MR) is 60.0 cm³/mol. The Morgan fingerprint density at radius 1 is 1.21 bits per heavy atom. The van der Waals surface area contributed by atoms with Crippen molar-refractivity contribution in [1.29, 1.82) is 0 Å². The highest BCUT2D eigenvalue weighted by Gasteiger charge is 2.26.